The largest absolute Gasteiger partial charge is 0.381 e. The van der Waals surface area contributed by atoms with Crippen LogP contribution in [0.4, 0.5) is 14.9 Å². The van der Waals surface area contributed by atoms with Crippen LogP contribution in [0.2, 0.25) is 5.02 Å². The standard InChI is InChI=1S/C18H20ClFN4O3/c1-11-21-16(27-23-11)13-9-24(10-18(13)4-6-26-7-5-18)17(25)22-12-2-3-15(20)14(19)8-12/h2-3,8,13H,4-7,9-10H2,1H3,(H,22,25). The molecule has 2 aromatic rings. The van der Waals surface area contributed by atoms with Crippen molar-refractivity contribution in [1.82, 2.24) is 15.0 Å². The first kappa shape index (κ1) is 18.2. The summed E-state index contributed by atoms with van der Waals surface area (Å²) >= 11 is 5.80. The van der Waals surface area contributed by atoms with E-state index in [-0.39, 0.29) is 22.4 Å². The molecule has 27 heavy (non-hydrogen) atoms. The molecule has 1 N–H and O–H groups in total. The Labute approximate surface area is 160 Å². The van der Waals surface area contributed by atoms with Crippen LogP contribution in [0.1, 0.15) is 30.5 Å². The number of aryl methyl sites for hydroxylation is 1. The van der Waals surface area contributed by atoms with Crippen molar-refractivity contribution in [3.63, 3.8) is 0 Å². The molecule has 0 aliphatic carbocycles. The van der Waals surface area contributed by atoms with E-state index in [1.807, 2.05) is 0 Å². The quantitative estimate of drug-likeness (QED) is 0.841. The Morgan fingerprint density at radius 2 is 2.19 bits per heavy atom. The second kappa shape index (κ2) is 7.09. The first-order valence-electron chi connectivity index (χ1n) is 8.86. The van der Waals surface area contributed by atoms with Gasteiger partial charge in [0.15, 0.2) is 5.82 Å². The van der Waals surface area contributed by atoms with E-state index >= 15 is 0 Å². The minimum atomic E-state index is -0.524. The fourth-order valence-electron chi connectivity index (χ4n) is 3.98. The number of aromatic nitrogens is 2. The van der Waals surface area contributed by atoms with E-state index in [1.165, 1.54) is 18.2 Å². The van der Waals surface area contributed by atoms with Crippen LogP contribution in [-0.2, 0) is 4.74 Å². The van der Waals surface area contributed by atoms with Gasteiger partial charge < -0.3 is 19.5 Å². The molecule has 2 aliphatic heterocycles. The molecule has 2 amide bonds. The SMILES string of the molecule is Cc1noc(C2CN(C(=O)Nc3ccc(F)c(Cl)c3)CC23CCOCC3)n1. The highest BCUT2D eigenvalue weighted by Crippen LogP contribution is 2.49. The molecule has 4 rings (SSSR count). The fraction of sp³-hybridized carbons (Fsp3) is 0.500. The number of anilines is 1. The summed E-state index contributed by atoms with van der Waals surface area (Å²) in [5.74, 6) is 0.583. The summed E-state index contributed by atoms with van der Waals surface area (Å²) < 4.78 is 24.3. The van der Waals surface area contributed by atoms with Crippen molar-refractivity contribution in [2.24, 2.45) is 5.41 Å². The van der Waals surface area contributed by atoms with E-state index in [0.29, 0.717) is 43.7 Å². The van der Waals surface area contributed by atoms with Gasteiger partial charge in [-0.25, -0.2) is 9.18 Å². The maximum atomic E-state index is 13.3. The summed E-state index contributed by atoms with van der Waals surface area (Å²) in [5.41, 5.74) is 0.305. The van der Waals surface area contributed by atoms with Crippen LogP contribution in [0.25, 0.3) is 0 Å². The molecule has 7 nitrogen and oxygen atoms in total. The predicted octanol–water partition coefficient (Wildman–Crippen LogP) is 3.60. The van der Waals surface area contributed by atoms with E-state index in [4.69, 9.17) is 20.9 Å². The van der Waals surface area contributed by atoms with Gasteiger partial charge in [-0.1, -0.05) is 16.8 Å². The third kappa shape index (κ3) is 3.51. The Kier molecular flexibility index (Phi) is 4.77. The lowest BCUT2D eigenvalue weighted by atomic mass is 9.72. The number of benzene rings is 1. The molecule has 2 aliphatic rings. The van der Waals surface area contributed by atoms with Gasteiger partial charge in [-0.05, 0) is 38.0 Å². The second-order valence-electron chi connectivity index (χ2n) is 7.15. The maximum Gasteiger partial charge on any atom is 0.321 e. The van der Waals surface area contributed by atoms with Crippen LogP contribution in [0, 0.1) is 18.2 Å². The van der Waals surface area contributed by atoms with Gasteiger partial charge in [0.25, 0.3) is 0 Å². The van der Waals surface area contributed by atoms with Gasteiger partial charge in [-0.15, -0.1) is 0 Å². The first-order valence-corrected chi connectivity index (χ1v) is 9.24. The van der Waals surface area contributed by atoms with Crippen molar-refractivity contribution in [2.75, 3.05) is 31.6 Å². The molecule has 2 saturated heterocycles. The number of urea groups is 1. The number of nitrogens with zero attached hydrogens (tertiary/aromatic N) is 3. The lowest BCUT2D eigenvalue weighted by Crippen LogP contribution is -2.38. The van der Waals surface area contributed by atoms with Crippen molar-refractivity contribution in [3.05, 3.63) is 40.8 Å². The smallest absolute Gasteiger partial charge is 0.321 e. The Hall–Kier alpha value is -2.19. The molecule has 9 heteroatoms. The number of nitrogens with one attached hydrogen (secondary N) is 1. The van der Waals surface area contributed by atoms with E-state index < -0.39 is 5.82 Å². The van der Waals surface area contributed by atoms with E-state index in [1.54, 1.807) is 11.8 Å². The van der Waals surface area contributed by atoms with E-state index in [2.05, 4.69) is 15.5 Å². The Morgan fingerprint density at radius 1 is 1.41 bits per heavy atom. The monoisotopic (exact) mass is 394 g/mol. The lowest BCUT2D eigenvalue weighted by molar-refractivity contribution is 0.00959. The zero-order valence-electron chi connectivity index (χ0n) is 14.9. The Morgan fingerprint density at radius 3 is 2.85 bits per heavy atom. The number of hydrogen-bond donors (Lipinski definition) is 1. The number of hydrogen-bond acceptors (Lipinski definition) is 5. The molecular weight excluding hydrogens is 375 g/mol. The van der Waals surface area contributed by atoms with Crippen molar-refractivity contribution in [1.29, 1.82) is 0 Å². The third-order valence-electron chi connectivity index (χ3n) is 5.44. The molecule has 1 spiro atoms. The maximum absolute atomic E-state index is 13.3. The molecular formula is C18H20ClFN4O3. The van der Waals surface area contributed by atoms with Gasteiger partial charge in [-0.3, -0.25) is 0 Å². The molecule has 1 unspecified atom stereocenters. The van der Waals surface area contributed by atoms with Crippen molar-refractivity contribution in [2.45, 2.75) is 25.7 Å². The molecule has 0 radical (unpaired) electrons. The summed E-state index contributed by atoms with van der Waals surface area (Å²) in [6, 6.07) is 3.85. The number of carbonyl (C=O) groups is 1. The van der Waals surface area contributed by atoms with Crippen LogP contribution in [0.15, 0.2) is 22.7 Å². The van der Waals surface area contributed by atoms with Gasteiger partial charge in [0.05, 0.1) is 10.9 Å². The highest BCUT2D eigenvalue weighted by atomic mass is 35.5. The van der Waals surface area contributed by atoms with Gasteiger partial charge in [-0.2, -0.15) is 4.98 Å². The fourth-order valence-corrected chi connectivity index (χ4v) is 4.16. The first-order chi connectivity index (χ1) is 13.0. The summed E-state index contributed by atoms with van der Waals surface area (Å²) in [5, 5.41) is 6.66. The number of ether oxygens (including phenoxy) is 1. The highest BCUT2D eigenvalue weighted by molar-refractivity contribution is 6.31. The van der Waals surface area contributed by atoms with Crippen molar-refractivity contribution in [3.8, 4) is 0 Å². The van der Waals surface area contributed by atoms with Crippen LogP contribution >= 0.6 is 11.6 Å². The van der Waals surface area contributed by atoms with Crippen LogP contribution < -0.4 is 5.32 Å². The van der Waals surface area contributed by atoms with Crippen LogP contribution in [0.3, 0.4) is 0 Å². The summed E-state index contributed by atoms with van der Waals surface area (Å²) in [6.07, 6.45) is 1.65. The van der Waals surface area contributed by atoms with E-state index in [9.17, 15) is 9.18 Å². The number of likely N-dealkylation sites (tertiary alicyclic amines) is 1. The predicted molar refractivity (Wildman–Crippen MR) is 96.3 cm³/mol. The molecule has 2 fully saturated rings. The van der Waals surface area contributed by atoms with Gasteiger partial charge >= 0.3 is 6.03 Å². The van der Waals surface area contributed by atoms with Crippen LogP contribution in [0.5, 0.6) is 0 Å². The molecule has 1 atom stereocenters. The van der Waals surface area contributed by atoms with Crippen molar-refractivity contribution < 1.29 is 18.4 Å². The summed E-state index contributed by atoms with van der Waals surface area (Å²) in [6.45, 7) is 4.12. The third-order valence-corrected chi connectivity index (χ3v) is 5.73. The van der Waals surface area contributed by atoms with Gasteiger partial charge in [0.1, 0.15) is 5.82 Å². The molecule has 0 bridgehead atoms. The lowest BCUT2D eigenvalue weighted by Gasteiger charge is -2.36. The minimum Gasteiger partial charge on any atom is -0.381 e. The Balaban J connectivity index is 1.55. The number of amides is 2. The number of halogens is 2. The number of rotatable bonds is 2. The van der Waals surface area contributed by atoms with E-state index in [0.717, 1.165) is 12.8 Å². The average molecular weight is 395 g/mol. The highest BCUT2D eigenvalue weighted by Gasteiger charge is 2.51. The zero-order chi connectivity index (χ0) is 19.0. The van der Waals surface area contributed by atoms with Gasteiger partial charge in [0.2, 0.25) is 5.89 Å². The second-order valence-corrected chi connectivity index (χ2v) is 7.55. The normalized spacial score (nSPS) is 21.6. The molecule has 0 saturated carbocycles. The summed E-state index contributed by atoms with van der Waals surface area (Å²) in [7, 11) is 0. The number of carbonyl (C=O) groups excluding carboxylic acids is 1. The Bertz CT molecular complexity index is 853. The topological polar surface area (TPSA) is 80.5 Å². The van der Waals surface area contributed by atoms with Gasteiger partial charge in [0, 0.05) is 37.4 Å². The average Bonchev–Trinajstić information content (AvgIpc) is 3.23. The van der Waals surface area contributed by atoms with Crippen LogP contribution in [-0.4, -0.2) is 47.4 Å². The minimum absolute atomic E-state index is 0.0330. The molecule has 3 heterocycles. The summed E-state index contributed by atoms with van der Waals surface area (Å²) in [4.78, 5) is 18.9. The molecule has 144 valence electrons. The molecule has 1 aromatic heterocycles. The zero-order valence-corrected chi connectivity index (χ0v) is 15.6. The molecule has 1 aromatic carbocycles. The van der Waals surface area contributed by atoms with Crippen molar-refractivity contribution >= 4 is 23.3 Å².